The predicted octanol–water partition coefficient (Wildman–Crippen LogP) is 5.27. The normalized spacial score (nSPS) is 12.4. The van der Waals surface area contributed by atoms with E-state index in [0.717, 1.165) is 4.90 Å². The summed E-state index contributed by atoms with van der Waals surface area (Å²) in [7, 11) is 0. The molecule has 4 nitrogen and oxygen atoms in total. The third-order valence-electron chi connectivity index (χ3n) is 2.52. The molecular formula is C16H15ClN2O2S. The average Bonchev–Trinajstić information content (AvgIpc) is 2.73. The van der Waals surface area contributed by atoms with Gasteiger partial charge in [-0.1, -0.05) is 25.4 Å². The Bertz CT molecular complexity index is 700. The fourth-order valence-corrected chi connectivity index (χ4v) is 2.36. The van der Waals surface area contributed by atoms with Crippen molar-refractivity contribution in [1.29, 1.82) is 0 Å². The zero-order chi connectivity index (χ0) is 15.9. The topological polar surface area (TPSA) is 54.2 Å². The Hall–Kier alpha value is -1.98. The van der Waals surface area contributed by atoms with E-state index in [9.17, 15) is 5.11 Å². The minimum atomic E-state index is 0.182. The number of aliphatic imine (C=N–C) groups is 1. The van der Waals surface area contributed by atoms with Gasteiger partial charge in [-0.3, -0.25) is 0 Å². The fraction of sp³-hybridized carbons (Fsp3) is 0.125. The van der Waals surface area contributed by atoms with Gasteiger partial charge >= 0.3 is 0 Å². The maximum atomic E-state index is 9.24. The summed E-state index contributed by atoms with van der Waals surface area (Å²) in [6.07, 6.45) is 1.55. The summed E-state index contributed by atoms with van der Waals surface area (Å²) < 4.78 is 9.80. The molecule has 0 radical (unpaired) electrons. The van der Waals surface area contributed by atoms with Crippen LogP contribution in [0.1, 0.15) is 13.8 Å². The average molecular weight is 335 g/mol. The molecule has 0 amide bonds. The zero-order valence-corrected chi connectivity index (χ0v) is 13.7. The quantitative estimate of drug-likeness (QED) is 0.722. The maximum Gasteiger partial charge on any atom is 0.239 e. The molecule has 0 saturated carbocycles. The number of hydrogen-bond donors (Lipinski definition) is 1. The third-order valence-corrected chi connectivity index (χ3v) is 3.51. The van der Waals surface area contributed by atoms with Gasteiger partial charge < -0.3 is 9.84 Å². The first-order chi connectivity index (χ1) is 10.7. The molecule has 6 heteroatoms. The summed E-state index contributed by atoms with van der Waals surface area (Å²) in [6, 6.07) is 11.8. The molecule has 0 unspecified atom stereocenters. The van der Waals surface area contributed by atoms with Crippen LogP contribution in [0, 0.1) is 0 Å². The highest BCUT2D eigenvalue weighted by Crippen LogP contribution is 2.34. The van der Waals surface area contributed by atoms with Gasteiger partial charge in [-0.15, -0.1) is 0 Å². The van der Waals surface area contributed by atoms with Gasteiger partial charge in [0.25, 0.3) is 0 Å². The van der Waals surface area contributed by atoms with Crippen molar-refractivity contribution in [2.24, 2.45) is 9.39 Å². The van der Waals surface area contributed by atoms with Crippen molar-refractivity contribution in [2.75, 3.05) is 0 Å². The minimum Gasteiger partial charge on any atom is -0.508 e. The van der Waals surface area contributed by atoms with Crippen LogP contribution in [-0.4, -0.2) is 17.2 Å². The molecule has 0 aromatic heterocycles. The lowest BCUT2D eigenvalue weighted by atomic mass is 10.3. The third kappa shape index (κ3) is 4.26. The minimum absolute atomic E-state index is 0.182. The Morgan fingerprint density at radius 3 is 2.55 bits per heavy atom. The van der Waals surface area contributed by atoms with Crippen molar-refractivity contribution in [3.63, 3.8) is 0 Å². The fourth-order valence-electron chi connectivity index (χ4n) is 1.61. The van der Waals surface area contributed by atoms with Crippen LogP contribution in [0.25, 0.3) is 0 Å². The second-order valence-corrected chi connectivity index (χ2v) is 5.25. The van der Waals surface area contributed by atoms with Gasteiger partial charge in [0, 0.05) is 17.0 Å². The van der Waals surface area contributed by atoms with Gasteiger partial charge in [-0.2, -0.15) is 0 Å². The van der Waals surface area contributed by atoms with Crippen molar-refractivity contribution >= 4 is 41.3 Å². The molecule has 1 N–H and O–H groups in total. The first-order valence-corrected chi connectivity index (χ1v) is 7.91. The molecule has 1 aliphatic heterocycles. The molecule has 114 valence electrons. The van der Waals surface area contributed by atoms with Crippen LogP contribution < -0.4 is 4.74 Å². The van der Waals surface area contributed by atoms with Crippen LogP contribution in [0.15, 0.2) is 56.8 Å². The molecule has 0 fully saturated rings. The Morgan fingerprint density at radius 1 is 1.09 bits per heavy atom. The van der Waals surface area contributed by atoms with Crippen LogP contribution >= 0.6 is 23.5 Å². The Balaban J connectivity index is 0.000000847. The molecule has 22 heavy (non-hydrogen) atoms. The lowest BCUT2D eigenvalue weighted by Gasteiger charge is -2.04. The number of benzene rings is 2. The summed E-state index contributed by atoms with van der Waals surface area (Å²) >= 11 is 7.28. The Morgan fingerprint density at radius 2 is 1.82 bits per heavy atom. The first kappa shape index (κ1) is 16.4. The molecule has 0 bridgehead atoms. The zero-order valence-electron chi connectivity index (χ0n) is 12.2. The van der Waals surface area contributed by atoms with Crippen molar-refractivity contribution < 1.29 is 9.84 Å². The van der Waals surface area contributed by atoms with Crippen LogP contribution in [0.4, 0.5) is 5.69 Å². The lowest BCUT2D eigenvalue weighted by molar-refractivity contribution is 0.473. The second kappa shape index (κ2) is 7.87. The summed E-state index contributed by atoms with van der Waals surface area (Å²) in [5.74, 6) is 1.12. The molecule has 0 spiro atoms. The first-order valence-electron chi connectivity index (χ1n) is 6.76. The van der Waals surface area contributed by atoms with Gasteiger partial charge in [0.1, 0.15) is 11.5 Å². The summed E-state index contributed by atoms with van der Waals surface area (Å²) in [5.41, 5.74) is 0.716. The predicted molar refractivity (Wildman–Crippen MR) is 93.0 cm³/mol. The molecule has 2 aromatic rings. The van der Waals surface area contributed by atoms with Gasteiger partial charge in [0.2, 0.25) is 5.90 Å². The Kier molecular flexibility index (Phi) is 5.86. The van der Waals surface area contributed by atoms with Crippen LogP contribution in [0.3, 0.4) is 0 Å². The van der Waals surface area contributed by atoms with E-state index >= 15 is 0 Å². The highest BCUT2D eigenvalue weighted by atomic mass is 35.5. The molecule has 0 aliphatic carbocycles. The molecule has 1 aliphatic rings. The molecule has 1 heterocycles. The van der Waals surface area contributed by atoms with E-state index in [4.69, 9.17) is 16.3 Å². The van der Waals surface area contributed by atoms with Crippen molar-refractivity contribution in [2.45, 2.75) is 18.7 Å². The van der Waals surface area contributed by atoms with Gasteiger partial charge in [-0.05, 0) is 42.5 Å². The largest absolute Gasteiger partial charge is 0.508 e. The number of phenols is 1. The number of rotatable bonds is 1. The van der Waals surface area contributed by atoms with Crippen LogP contribution in [0.2, 0.25) is 5.02 Å². The van der Waals surface area contributed by atoms with Crippen LogP contribution in [0.5, 0.6) is 11.5 Å². The lowest BCUT2D eigenvalue weighted by Crippen LogP contribution is -2.08. The number of phenolic OH excluding ortho intramolecular Hbond substituents is 1. The molecule has 3 rings (SSSR count). The second-order valence-electron chi connectivity index (χ2n) is 3.98. The van der Waals surface area contributed by atoms with E-state index in [-0.39, 0.29) is 5.75 Å². The summed E-state index contributed by atoms with van der Waals surface area (Å²) in [6.45, 7) is 4.00. The van der Waals surface area contributed by atoms with E-state index < -0.39 is 0 Å². The van der Waals surface area contributed by atoms with E-state index in [1.54, 1.807) is 42.6 Å². The monoisotopic (exact) mass is 334 g/mol. The van der Waals surface area contributed by atoms with Crippen LogP contribution in [-0.2, 0) is 0 Å². The number of fused-ring (bicyclic) bond motifs is 1. The number of ether oxygens (including phenoxy) is 1. The van der Waals surface area contributed by atoms with Gasteiger partial charge in [-0.25, -0.2) is 9.39 Å². The number of aromatic hydroxyl groups is 1. The van der Waals surface area contributed by atoms with Crippen molar-refractivity contribution in [1.82, 2.24) is 0 Å². The highest BCUT2D eigenvalue weighted by molar-refractivity contribution is 7.98. The smallest absolute Gasteiger partial charge is 0.239 e. The number of halogens is 1. The van der Waals surface area contributed by atoms with E-state index in [1.807, 2.05) is 19.9 Å². The number of hydrogen-bond acceptors (Lipinski definition) is 5. The maximum absolute atomic E-state index is 9.24. The van der Waals surface area contributed by atoms with E-state index in [2.05, 4.69) is 9.39 Å². The molecule has 0 atom stereocenters. The summed E-state index contributed by atoms with van der Waals surface area (Å²) in [5, 5.41) is 9.85. The van der Waals surface area contributed by atoms with E-state index in [1.165, 1.54) is 11.9 Å². The van der Waals surface area contributed by atoms with Gasteiger partial charge in [0.15, 0.2) is 0 Å². The van der Waals surface area contributed by atoms with E-state index in [0.29, 0.717) is 22.4 Å². The molecule has 2 aromatic carbocycles. The van der Waals surface area contributed by atoms with Crippen molar-refractivity contribution in [3.05, 3.63) is 47.5 Å². The standard InChI is InChI=1S/C14H9ClN2O2S.C2H6/c15-9-1-6-13-12(7-9)17-14(8-16-20-13)19-11-4-2-10(18)3-5-11;1-2/h1-8,18H;1-2H3. The number of nitrogens with zero attached hydrogens (tertiary/aromatic N) is 2. The summed E-state index contributed by atoms with van der Waals surface area (Å²) in [4.78, 5) is 5.31. The molecule has 0 saturated heterocycles. The Labute approximate surface area is 138 Å². The van der Waals surface area contributed by atoms with Gasteiger partial charge in [0.05, 0.1) is 16.8 Å². The molecular weight excluding hydrogens is 320 g/mol. The van der Waals surface area contributed by atoms with Crippen molar-refractivity contribution in [3.8, 4) is 11.5 Å². The SMILES string of the molecule is CC.Oc1ccc(OC2=Nc3cc(Cl)ccc3SN=C2)cc1. The highest BCUT2D eigenvalue weighted by Gasteiger charge is 2.10.